The number of nitro groups is 1. The maximum Gasteiger partial charge on any atom is 0.293 e. The fourth-order valence-electron chi connectivity index (χ4n) is 2.64. The van der Waals surface area contributed by atoms with Crippen molar-refractivity contribution in [3.05, 3.63) is 40.5 Å². The van der Waals surface area contributed by atoms with Crippen molar-refractivity contribution in [3.8, 4) is 0 Å². The molecule has 2 N–H and O–H groups in total. The van der Waals surface area contributed by atoms with Gasteiger partial charge in [-0.25, -0.2) is 22.8 Å². The number of anilines is 1. The molecular formula is C13H16N6O4S. The fraction of sp³-hybridized carbons (Fsp3) is 0.385. The lowest BCUT2D eigenvalue weighted by Crippen LogP contribution is -2.32. The molecule has 3 rings (SSSR count). The molecular weight excluding hydrogens is 336 g/mol. The normalized spacial score (nSPS) is 17.3. The van der Waals surface area contributed by atoms with Gasteiger partial charge in [-0.3, -0.25) is 10.1 Å². The molecule has 0 radical (unpaired) electrons. The monoisotopic (exact) mass is 352 g/mol. The van der Waals surface area contributed by atoms with Crippen LogP contribution in [-0.4, -0.2) is 41.2 Å². The van der Waals surface area contributed by atoms with E-state index in [2.05, 4.69) is 20.1 Å². The molecule has 0 fully saturated rings. The van der Waals surface area contributed by atoms with Crippen molar-refractivity contribution in [1.82, 2.24) is 19.5 Å². The smallest absolute Gasteiger partial charge is 0.293 e. The van der Waals surface area contributed by atoms with Gasteiger partial charge in [-0.1, -0.05) is 0 Å². The van der Waals surface area contributed by atoms with Gasteiger partial charge in [0.1, 0.15) is 17.8 Å². The lowest BCUT2D eigenvalue weighted by molar-refractivity contribution is -0.384. The molecule has 1 aromatic carbocycles. The molecule has 0 bridgehead atoms. The summed E-state index contributed by atoms with van der Waals surface area (Å²) in [6.07, 6.45) is 2.96. The van der Waals surface area contributed by atoms with E-state index in [-0.39, 0.29) is 22.3 Å². The van der Waals surface area contributed by atoms with Crippen LogP contribution in [0.25, 0.3) is 0 Å². The van der Waals surface area contributed by atoms with Crippen molar-refractivity contribution >= 4 is 21.4 Å². The number of nitrogens with one attached hydrogen (secondary N) is 2. The number of nitro benzene ring substituents is 1. The van der Waals surface area contributed by atoms with Gasteiger partial charge in [0.05, 0.1) is 16.4 Å². The molecule has 11 heteroatoms. The van der Waals surface area contributed by atoms with Crippen molar-refractivity contribution in [2.45, 2.75) is 30.3 Å². The van der Waals surface area contributed by atoms with E-state index in [4.69, 9.17) is 0 Å². The van der Waals surface area contributed by atoms with Crippen LogP contribution in [0.1, 0.15) is 12.2 Å². The van der Waals surface area contributed by atoms with Crippen LogP contribution in [0.5, 0.6) is 0 Å². The highest BCUT2D eigenvalue weighted by Gasteiger charge is 2.24. The molecule has 1 unspecified atom stereocenters. The second kappa shape index (κ2) is 6.17. The molecule has 0 spiro atoms. The zero-order chi connectivity index (χ0) is 17.3. The van der Waals surface area contributed by atoms with Crippen LogP contribution in [0.3, 0.4) is 0 Å². The van der Waals surface area contributed by atoms with Crippen LogP contribution in [0.15, 0.2) is 29.4 Å². The number of fused-ring (bicyclic) bond motifs is 1. The maximum atomic E-state index is 11.8. The summed E-state index contributed by atoms with van der Waals surface area (Å²) in [6.45, 7) is 0.545. The standard InChI is InChI=1S/C13H16N6O4S/c1-14-24(22,23)10-3-4-11(12(6-10)19(20)21)17-9-2-5-13-15-8-16-18(13)7-9/h3-4,6,8-9,14,17H,2,5,7H2,1H3. The minimum Gasteiger partial charge on any atom is -0.375 e. The Bertz CT molecular complexity index is 878. The van der Waals surface area contributed by atoms with Crippen LogP contribution in [0, 0.1) is 10.1 Å². The Balaban J connectivity index is 1.87. The first-order valence-corrected chi connectivity index (χ1v) is 8.74. The summed E-state index contributed by atoms with van der Waals surface area (Å²) in [6, 6.07) is 3.76. The third kappa shape index (κ3) is 3.08. The molecule has 24 heavy (non-hydrogen) atoms. The number of aromatic nitrogens is 3. The first kappa shape index (κ1) is 16.3. The van der Waals surface area contributed by atoms with Crippen LogP contribution in [0.4, 0.5) is 11.4 Å². The van der Waals surface area contributed by atoms with E-state index in [0.29, 0.717) is 6.54 Å². The number of sulfonamides is 1. The summed E-state index contributed by atoms with van der Waals surface area (Å²) >= 11 is 0. The Morgan fingerprint density at radius 2 is 2.21 bits per heavy atom. The van der Waals surface area contributed by atoms with Gasteiger partial charge in [0, 0.05) is 18.5 Å². The van der Waals surface area contributed by atoms with Gasteiger partial charge in [0.2, 0.25) is 10.0 Å². The molecule has 0 aliphatic carbocycles. The van der Waals surface area contributed by atoms with Crippen molar-refractivity contribution in [2.75, 3.05) is 12.4 Å². The molecule has 0 saturated heterocycles. The first-order valence-electron chi connectivity index (χ1n) is 7.26. The van der Waals surface area contributed by atoms with Gasteiger partial charge in [0.25, 0.3) is 5.69 Å². The lowest BCUT2D eigenvalue weighted by atomic mass is 10.1. The highest BCUT2D eigenvalue weighted by Crippen LogP contribution is 2.29. The predicted octanol–water partition coefficient (Wildman–Crippen LogP) is 0.521. The molecule has 10 nitrogen and oxygen atoms in total. The fourth-order valence-corrected chi connectivity index (χ4v) is 3.39. The number of benzene rings is 1. The van der Waals surface area contributed by atoms with Gasteiger partial charge in [0.15, 0.2) is 0 Å². The first-order chi connectivity index (χ1) is 11.4. The number of rotatable bonds is 5. The van der Waals surface area contributed by atoms with Gasteiger partial charge < -0.3 is 5.32 Å². The summed E-state index contributed by atoms with van der Waals surface area (Å²) in [5.74, 6) is 0.887. The highest BCUT2D eigenvalue weighted by molar-refractivity contribution is 7.89. The second-order valence-corrected chi connectivity index (χ2v) is 7.27. The molecule has 1 atom stereocenters. The quantitative estimate of drug-likeness (QED) is 0.592. The minimum absolute atomic E-state index is 0.0512. The Morgan fingerprint density at radius 3 is 2.92 bits per heavy atom. The van der Waals surface area contributed by atoms with Gasteiger partial charge >= 0.3 is 0 Å². The summed E-state index contributed by atoms with van der Waals surface area (Å²) in [7, 11) is -2.49. The van der Waals surface area contributed by atoms with Crippen LogP contribution in [0.2, 0.25) is 0 Å². The number of hydrogen-bond acceptors (Lipinski definition) is 7. The summed E-state index contributed by atoms with van der Waals surface area (Å²) in [5.41, 5.74) is -0.000620. The van der Waals surface area contributed by atoms with Gasteiger partial charge in [-0.15, -0.1) is 0 Å². The van der Waals surface area contributed by atoms with Crippen LogP contribution < -0.4 is 10.0 Å². The summed E-state index contributed by atoms with van der Waals surface area (Å²) in [4.78, 5) is 14.7. The summed E-state index contributed by atoms with van der Waals surface area (Å²) < 4.78 is 27.5. The van der Waals surface area contributed by atoms with E-state index in [1.54, 1.807) is 4.68 Å². The molecule has 2 aromatic rings. The molecule has 2 heterocycles. The third-order valence-electron chi connectivity index (χ3n) is 3.91. The molecule has 128 valence electrons. The minimum atomic E-state index is -3.74. The number of nitrogens with zero attached hydrogens (tertiary/aromatic N) is 4. The Kier molecular flexibility index (Phi) is 4.20. The van der Waals surface area contributed by atoms with Crippen molar-refractivity contribution < 1.29 is 13.3 Å². The van der Waals surface area contributed by atoms with E-state index in [1.807, 2.05) is 0 Å². The molecule has 1 aromatic heterocycles. The Hall–Kier alpha value is -2.53. The van der Waals surface area contributed by atoms with E-state index >= 15 is 0 Å². The molecule has 1 aliphatic heterocycles. The Morgan fingerprint density at radius 1 is 1.42 bits per heavy atom. The highest BCUT2D eigenvalue weighted by atomic mass is 32.2. The SMILES string of the molecule is CNS(=O)(=O)c1ccc(NC2CCc3ncnn3C2)c([N+](=O)[O-])c1. The van der Waals surface area contributed by atoms with E-state index in [1.165, 1.54) is 25.5 Å². The zero-order valence-corrected chi connectivity index (χ0v) is 13.7. The number of hydrogen-bond donors (Lipinski definition) is 2. The van der Waals surface area contributed by atoms with Crippen LogP contribution >= 0.6 is 0 Å². The molecule has 0 amide bonds. The zero-order valence-electron chi connectivity index (χ0n) is 12.8. The summed E-state index contributed by atoms with van der Waals surface area (Å²) in [5, 5.41) is 18.5. The molecule has 0 saturated carbocycles. The lowest BCUT2D eigenvalue weighted by Gasteiger charge is -2.24. The van der Waals surface area contributed by atoms with E-state index in [9.17, 15) is 18.5 Å². The topological polar surface area (TPSA) is 132 Å². The average molecular weight is 352 g/mol. The molecule has 1 aliphatic rings. The van der Waals surface area contributed by atoms with Crippen molar-refractivity contribution in [2.24, 2.45) is 0 Å². The number of aryl methyl sites for hydroxylation is 1. The van der Waals surface area contributed by atoms with Crippen molar-refractivity contribution in [3.63, 3.8) is 0 Å². The van der Waals surface area contributed by atoms with Crippen LogP contribution in [-0.2, 0) is 23.0 Å². The maximum absolute atomic E-state index is 11.8. The predicted molar refractivity (Wildman–Crippen MR) is 85.1 cm³/mol. The van der Waals surface area contributed by atoms with E-state index in [0.717, 1.165) is 24.7 Å². The Labute approximate surface area is 138 Å². The van der Waals surface area contributed by atoms with E-state index < -0.39 is 14.9 Å². The van der Waals surface area contributed by atoms with Gasteiger partial charge in [-0.2, -0.15) is 5.10 Å². The van der Waals surface area contributed by atoms with Crippen molar-refractivity contribution in [1.29, 1.82) is 0 Å². The van der Waals surface area contributed by atoms with Gasteiger partial charge in [-0.05, 0) is 25.6 Å². The largest absolute Gasteiger partial charge is 0.375 e. The second-order valence-electron chi connectivity index (χ2n) is 5.38. The third-order valence-corrected chi connectivity index (χ3v) is 5.32. The average Bonchev–Trinajstić information content (AvgIpc) is 3.02.